The number of nitrogens with zero attached hydrogens (tertiary/aromatic N) is 6. The minimum absolute atomic E-state index is 0.279. The molecule has 10 heteroatoms. The molecule has 0 unspecified atom stereocenters. The highest BCUT2D eigenvalue weighted by Crippen LogP contribution is 2.29. The second-order valence-corrected chi connectivity index (χ2v) is 9.51. The Hall–Kier alpha value is -4.02. The molecule has 0 bridgehead atoms. The monoisotopic (exact) mass is 531 g/mol. The fourth-order valence-electron chi connectivity index (χ4n) is 4.36. The number of hydrazone groups is 1. The van der Waals surface area contributed by atoms with Crippen molar-refractivity contribution in [2.45, 2.75) is 13.8 Å². The first-order valence-electron chi connectivity index (χ1n) is 13.0. The molecule has 39 heavy (non-hydrogen) atoms. The van der Waals surface area contributed by atoms with E-state index in [2.05, 4.69) is 38.2 Å². The number of methoxy groups -OCH3 is 1. The van der Waals surface area contributed by atoms with E-state index in [9.17, 15) is 4.79 Å². The van der Waals surface area contributed by atoms with Crippen LogP contribution in [0.2, 0.25) is 0 Å². The number of carbonyl (C=O) groups is 1. The van der Waals surface area contributed by atoms with Crippen LogP contribution in [0.15, 0.2) is 59.7 Å². The quantitative estimate of drug-likeness (QED) is 0.311. The van der Waals surface area contributed by atoms with Gasteiger partial charge in [-0.05, 0) is 43.2 Å². The maximum atomic E-state index is 13.6. The number of aryl methyl sites for hydroxylation is 1. The van der Waals surface area contributed by atoms with Gasteiger partial charge in [0.05, 0.1) is 25.5 Å². The largest absolute Gasteiger partial charge is 0.383 e. The van der Waals surface area contributed by atoms with Crippen molar-refractivity contribution in [1.29, 1.82) is 0 Å². The number of hydrogen-bond donors (Lipinski definition) is 1. The van der Waals surface area contributed by atoms with E-state index in [4.69, 9.17) is 14.5 Å². The van der Waals surface area contributed by atoms with E-state index in [0.717, 1.165) is 22.5 Å². The number of amides is 1. The topological polar surface area (TPSA) is 95.4 Å². The van der Waals surface area contributed by atoms with Gasteiger partial charge in [0, 0.05) is 58.3 Å². The lowest BCUT2D eigenvalue weighted by Crippen LogP contribution is -2.38. The minimum Gasteiger partial charge on any atom is -0.383 e. The maximum absolute atomic E-state index is 13.6. The number of hydrogen-bond acceptors (Lipinski definition) is 9. The average molecular weight is 532 g/mol. The third-order valence-corrected chi connectivity index (χ3v) is 6.32. The Morgan fingerprint density at radius 3 is 2.59 bits per heavy atom. The molecule has 0 spiro atoms. The molecule has 1 amide bonds. The number of anilines is 4. The molecule has 2 aromatic carbocycles. The highest BCUT2D eigenvalue weighted by Gasteiger charge is 2.22. The van der Waals surface area contributed by atoms with Gasteiger partial charge in [-0.15, -0.1) is 0 Å². The second-order valence-electron chi connectivity index (χ2n) is 9.51. The lowest BCUT2D eigenvalue weighted by Gasteiger charge is -2.30. The first kappa shape index (κ1) is 28.0. The van der Waals surface area contributed by atoms with Gasteiger partial charge in [0.15, 0.2) is 0 Å². The van der Waals surface area contributed by atoms with Crippen molar-refractivity contribution in [2.24, 2.45) is 5.10 Å². The SMILES string of the molecule is COCCN(c1cc(C(=O)Nc2cccc(/C(C)=N/N(C)C)c2)nc(N2CCOCC2)n1)c1ccccc1C. The molecule has 10 nitrogen and oxygen atoms in total. The number of ether oxygens (including phenoxy) is 2. The summed E-state index contributed by atoms with van der Waals surface area (Å²) in [6, 6.07) is 17.5. The van der Waals surface area contributed by atoms with E-state index in [1.165, 1.54) is 0 Å². The number of aromatic nitrogens is 2. The van der Waals surface area contributed by atoms with Crippen LogP contribution in [0.4, 0.5) is 23.1 Å². The fourth-order valence-corrected chi connectivity index (χ4v) is 4.36. The molecule has 0 saturated carbocycles. The van der Waals surface area contributed by atoms with Crippen molar-refractivity contribution >= 4 is 34.8 Å². The normalized spacial score (nSPS) is 13.8. The van der Waals surface area contributed by atoms with Crippen LogP contribution in [-0.2, 0) is 9.47 Å². The van der Waals surface area contributed by atoms with Crippen molar-refractivity contribution < 1.29 is 14.3 Å². The predicted molar refractivity (Wildman–Crippen MR) is 155 cm³/mol. The van der Waals surface area contributed by atoms with Crippen LogP contribution >= 0.6 is 0 Å². The Morgan fingerprint density at radius 2 is 1.87 bits per heavy atom. The van der Waals surface area contributed by atoms with Gasteiger partial charge in [0.25, 0.3) is 5.91 Å². The molecule has 4 rings (SSSR count). The Kier molecular flexibility index (Phi) is 9.45. The highest BCUT2D eigenvalue weighted by atomic mass is 16.5. The third kappa shape index (κ3) is 7.30. The number of nitrogens with one attached hydrogen (secondary N) is 1. The van der Waals surface area contributed by atoms with Crippen LogP contribution in [-0.4, -0.2) is 87.3 Å². The molecule has 3 aromatic rings. The zero-order chi connectivity index (χ0) is 27.8. The summed E-state index contributed by atoms with van der Waals surface area (Å²) in [6.07, 6.45) is 0. The summed E-state index contributed by atoms with van der Waals surface area (Å²) in [6.45, 7) is 7.52. The Balaban J connectivity index is 1.71. The molecule has 1 aromatic heterocycles. The first-order valence-corrected chi connectivity index (χ1v) is 13.0. The van der Waals surface area contributed by atoms with Crippen molar-refractivity contribution in [3.8, 4) is 0 Å². The fraction of sp³-hybridized carbons (Fsp3) is 0.379. The standard InChI is InChI=1S/C29H37N7O3/c1-21-9-6-7-12-26(21)36(15-16-38-5)27-20-25(31-29(32-27)35-13-17-39-18-14-35)28(37)30-24-11-8-10-23(19-24)22(2)33-34(3)4/h6-12,19-20H,13-18H2,1-5H3,(H,30,37)/b33-22+. The van der Waals surface area contributed by atoms with Crippen LogP contribution < -0.4 is 15.1 Å². The summed E-state index contributed by atoms with van der Waals surface area (Å²) in [5.41, 5.74) is 4.80. The molecule has 206 valence electrons. The van der Waals surface area contributed by atoms with Gasteiger partial charge in [-0.2, -0.15) is 10.1 Å². The number of rotatable bonds is 10. The molecule has 1 fully saturated rings. The van der Waals surface area contributed by atoms with Gasteiger partial charge in [-0.25, -0.2) is 4.98 Å². The van der Waals surface area contributed by atoms with Crippen molar-refractivity contribution in [3.05, 3.63) is 71.4 Å². The lowest BCUT2D eigenvalue weighted by atomic mass is 10.1. The van der Waals surface area contributed by atoms with Crippen LogP contribution in [0, 0.1) is 6.92 Å². The summed E-state index contributed by atoms with van der Waals surface area (Å²) < 4.78 is 10.9. The molecular weight excluding hydrogens is 494 g/mol. The first-order chi connectivity index (χ1) is 18.9. The summed E-state index contributed by atoms with van der Waals surface area (Å²) in [7, 11) is 5.43. The molecule has 1 N–H and O–H groups in total. The number of carbonyl (C=O) groups excluding carboxylic acids is 1. The molecule has 1 saturated heterocycles. The predicted octanol–water partition coefficient (Wildman–Crippen LogP) is 3.94. The molecule has 0 atom stereocenters. The number of para-hydroxylation sites is 1. The minimum atomic E-state index is -0.316. The Bertz CT molecular complexity index is 1310. The van der Waals surface area contributed by atoms with Gasteiger partial charge in [-0.1, -0.05) is 30.3 Å². The van der Waals surface area contributed by atoms with E-state index >= 15 is 0 Å². The summed E-state index contributed by atoms with van der Waals surface area (Å²) in [5.74, 6) is 0.814. The average Bonchev–Trinajstić information content (AvgIpc) is 2.94. The zero-order valence-corrected chi connectivity index (χ0v) is 23.3. The Labute approximate surface area is 230 Å². The molecule has 0 radical (unpaired) electrons. The van der Waals surface area contributed by atoms with Gasteiger partial charge < -0.3 is 29.6 Å². The Morgan fingerprint density at radius 1 is 1.10 bits per heavy atom. The van der Waals surface area contributed by atoms with Gasteiger partial charge in [0.1, 0.15) is 11.5 Å². The van der Waals surface area contributed by atoms with Crippen LogP contribution in [0.1, 0.15) is 28.5 Å². The smallest absolute Gasteiger partial charge is 0.274 e. The summed E-state index contributed by atoms with van der Waals surface area (Å²) >= 11 is 0. The lowest BCUT2D eigenvalue weighted by molar-refractivity contribution is 0.102. The third-order valence-electron chi connectivity index (χ3n) is 6.32. The van der Waals surface area contributed by atoms with Crippen LogP contribution in [0.25, 0.3) is 0 Å². The van der Waals surface area contributed by atoms with Gasteiger partial charge in [-0.3, -0.25) is 4.79 Å². The number of morpholine rings is 1. The molecule has 0 aliphatic carbocycles. The number of benzene rings is 2. The summed E-state index contributed by atoms with van der Waals surface area (Å²) in [4.78, 5) is 27.3. The zero-order valence-electron chi connectivity index (χ0n) is 23.3. The van der Waals surface area contributed by atoms with Crippen molar-refractivity contribution in [1.82, 2.24) is 15.0 Å². The van der Waals surface area contributed by atoms with Gasteiger partial charge in [0.2, 0.25) is 5.95 Å². The maximum Gasteiger partial charge on any atom is 0.274 e. The van der Waals surface area contributed by atoms with Crippen molar-refractivity contribution in [3.63, 3.8) is 0 Å². The molecule has 1 aliphatic heterocycles. The summed E-state index contributed by atoms with van der Waals surface area (Å²) in [5, 5.41) is 9.23. The highest BCUT2D eigenvalue weighted by molar-refractivity contribution is 6.05. The molecule has 1 aliphatic rings. The van der Waals surface area contributed by atoms with E-state index in [1.54, 1.807) is 18.2 Å². The van der Waals surface area contributed by atoms with Crippen LogP contribution in [0.3, 0.4) is 0 Å². The second kappa shape index (κ2) is 13.2. The van der Waals surface area contributed by atoms with E-state index < -0.39 is 0 Å². The van der Waals surface area contributed by atoms with Crippen LogP contribution in [0.5, 0.6) is 0 Å². The molecule has 2 heterocycles. The van der Waals surface area contributed by atoms with E-state index in [1.807, 2.05) is 63.5 Å². The molecular formula is C29H37N7O3. The van der Waals surface area contributed by atoms with Crippen molar-refractivity contribution in [2.75, 3.05) is 75.8 Å². The van der Waals surface area contributed by atoms with E-state index in [0.29, 0.717) is 56.9 Å². The van der Waals surface area contributed by atoms with E-state index in [-0.39, 0.29) is 11.6 Å². The van der Waals surface area contributed by atoms with Gasteiger partial charge >= 0.3 is 0 Å².